The number of hydrogen-bond acceptors (Lipinski definition) is 1. The van der Waals surface area contributed by atoms with Gasteiger partial charge in [-0.2, -0.15) is 0 Å². The van der Waals surface area contributed by atoms with Crippen LogP contribution in [-0.4, -0.2) is 11.7 Å². The number of benzene rings is 1. The summed E-state index contributed by atoms with van der Waals surface area (Å²) in [5, 5.41) is 7.18. The summed E-state index contributed by atoms with van der Waals surface area (Å²) in [7, 11) is 0. The van der Waals surface area contributed by atoms with Gasteiger partial charge in [0.25, 0.3) is 0 Å². The fourth-order valence-electron chi connectivity index (χ4n) is 1.64. The maximum absolute atomic E-state index is 5.21. The minimum atomic E-state index is 0.587. The van der Waals surface area contributed by atoms with E-state index in [0.29, 0.717) is 5.92 Å². The number of hydrogen-bond donors (Lipinski definition) is 2. The van der Waals surface area contributed by atoms with Gasteiger partial charge in [0.15, 0.2) is 5.11 Å². The van der Waals surface area contributed by atoms with E-state index in [1.807, 2.05) is 0 Å². The largest absolute Gasteiger partial charge is 0.363 e. The zero-order chi connectivity index (χ0) is 13.4. The second-order valence-electron chi connectivity index (χ2n) is 4.86. The molecule has 0 aliphatic carbocycles. The van der Waals surface area contributed by atoms with Crippen LogP contribution in [0.5, 0.6) is 0 Å². The average molecular weight is 264 g/mol. The maximum Gasteiger partial charge on any atom is 0.166 e. The predicted molar refractivity (Wildman–Crippen MR) is 82.9 cm³/mol. The van der Waals surface area contributed by atoms with Gasteiger partial charge in [-0.05, 0) is 35.7 Å². The Labute approximate surface area is 116 Å². The van der Waals surface area contributed by atoms with Crippen molar-refractivity contribution < 1.29 is 0 Å². The standard InChI is InChI=1S/C15H24N2S/c1-4-5-10-16-15(18)17-11-13-6-8-14(9-7-13)12(2)3/h6-9,12H,4-5,10-11H2,1-3H3,(H2,16,17,18). The minimum absolute atomic E-state index is 0.587. The van der Waals surface area contributed by atoms with Gasteiger partial charge in [0.1, 0.15) is 0 Å². The van der Waals surface area contributed by atoms with Crippen LogP contribution in [0.1, 0.15) is 50.7 Å². The van der Waals surface area contributed by atoms with E-state index in [0.717, 1.165) is 24.6 Å². The van der Waals surface area contributed by atoms with Gasteiger partial charge in [-0.15, -0.1) is 0 Å². The smallest absolute Gasteiger partial charge is 0.166 e. The zero-order valence-corrected chi connectivity index (χ0v) is 12.4. The summed E-state index contributed by atoms with van der Waals surface area (Å²) in [5.41, 5.74) is 2.64. The summed E-state index contributed by atoms with van der Waals surface area (Å²) >= 11 is 5.21. The fourth-order valence-corrected chi connectivity index (χ4v) is 1.82. The Morgan fingerprint density at radius 2 is 1.83 bits per heavy atom. The van der Waals surface area contributed by atoms with Gasteiger partial charge < -0.3 is 10.6 Å². The van der Waals surface area contributed by atoms with Crippen LogP contribution in [0.2, 0.25) is 0 Å². The van der Waals surface area contributed by atoms with Gasteiger partial charge in [0.05, 0.1) is 0 Å². The van der Waals surface area contributed by atoms with Crippen molar-refractivity contribution in [2.45, 2.75) is 46.1 Å². The minimum Gasteiger partial charge on any atom is -0.363 e. The summed E-state index contributed by atoms with van der Waals surface area (Å²) in [5.74, 6) is 0.587. The zero-order valence-electron chi connectivity index (χ0n) is 11.6. The quantitative estimate of drug-likeness (QED) is 0.607. The van der Waals surface area contributed by atoms with E-state index < -0.39 is 0 Å². The molecule has 3 heteroatoms. The first-order chi connectivity index (χ1) is 8.63. The molecule has 0 unspecified atom stereocenters. The molecular formula is C15H24N2S. The third-order valence-corrected chi connectivity index (χ3v) is 3.20. The Morgan fingerprint density at radius 3 is 2.39 bits per heavy atom. The second-order valence-corrected chi connectivity index (χ2v) is 5.27. The Balaban J connectivity index is 2.32. The lowest BCUT2D eigenvalue weighted by atomic mass is 10.0. The van der Waals surface area contributed by atoms with Gasteiger partial charge in [-0.1, -0.05) is 51.5 Å². The highest BCUT2D eigenvalue weighted by Gasteiger charge is 1.99. The van der Waals surface area contributed by atoms with Gasteiger partial charge in [-0.3, -0.25) is 0 Å². The molecule has 1 rings (SSSR count). The molecule has 100 valence electrons. The van der Waals surface area contributed by atoms with Crippen molar-refractivity contribution in [2.24, 2.45) is 0 Å². The number of thiocarbonyl (C=S) groups is 1. The lowest BCUT2D eigenvalue weighted by molar-refractivity contribution is 0.739. The van der Waals surface area contributed by atoms with Crippen molar-refractivity contribution in [1.29, 1.82) is 0 Å². The Morgan fingerprint density at radius 1 is 1.17 bits per heavy atom. The molecule has 0 amide bonds. The first-order valence-corrected chi connectivity index (χ1v) is 7.14. The molecule has 0 bridgehead atoms. The fraction of sp³-hybridized carbons (Fsp3) is 0.533. The van der Waals surface area contributed by atoms with Crippen LogP contribution in [0.15, 0.2) is 24.3 Å². The van der Waals surface area contributed by atoms with Crippen LogP contribution in [0, 0.1) is 0 Å². The van der Waals surface area contributed by atoms with Crippen LogP contribution in [0.25, 0.3) is 0 Å². The molecule has 0 radical (unpaired) electrons. The first-order valence-electron chi connectivity index (χ1n) is 6.74. The highest BCUT2D eigenvalue weighted by atomic mass is 32.1. The van der Waals surface area contributed by atoms with Crippen LogP contribution in [0.4, 0.5) is 0 Å². The lowest BCUT2D eigenvalue weighted by Crippen LogP contribution is -2.35. The van der Waals surface area contributed by atoms with Crippen molar-refractivity contribution >= 4 is 17.3 Å². The number of rotatable bonds is 6. The predicted octanol–water partition coefficient (Wildman–Crippen LogP) is 3.57. The number of nitrogens with one attached hydrogen (secondary N) is 2. The molecule has 0 fully saturated rings. The molecule has 2 N–H and O–H groups in total. The molecule has 0 saturated carbocycles. The first kappa shape index (κ1) is 15.0. The van der Waals surface area contributed by atoms with E-state index in [1.54, 1.807) is 0 Å². The van der Waals surface area contributed by atoms with Crippen LogP contribution >= 0.6 is 12.2 Å². The summed E-state index contributed by atoms with van der Waals surface area (Å²) < 4.78 is 0. The molecule has 0 saturated heterocycles. The summed E-state index contributed by atoms with van der Waals surface area (Å²) in [6, 6.07) is 8.71. The van der Waals surface area contributed by atoms with Crippen LogP contribution in [0.3, 0.4) is 0 Å². The topological polar surface area (TPSA) is 24.1 Å². The molecule has 18 heavy (non-hydrogen) atoms. The monoisotopic (exact) mass is 264 g/mol. The summed E-state index contributed by atoms with van der Waals surface area (Å²) in [4.78, 5) is 0. The SMILES string of the molecule is CCCCNC(=S)NCc1ccc(C(C)C)cc1. The molecule has 0 aromatic heterocycles. The van der Waals surface area contributed by atoms with Gasteiger partial charge >= 0.3 is 0 Å². The molecule has 0 aliphatic rings. The van der Waals surface area contributed by atoms with Gasteiger partial charge in [0, 0.05) is 13.1 Å². The lowest BCUT2D eigenvalue weighted by Gasteiger charge is -2.11. The Hall–Kier alpha value is -1.09. The van der Waals surface area contributed by atoms with Gasteiger partial charge in [0.2, 0.25) is 0 Å². The van der Waals surface area contributed by atoms with Crippen LogP contribution < -0.4 is 10.6 Å². The number of unbranched alkanes of at least 4 members (excludes halogenated alkanes) is 1. The highest BCUT2D eigenvalue weighted by molar-refractivity contribution is 7.80. The third-order valence-electron chi connectivity index (χ3n) is 2.92. The van der Waals surface area contributed by atoms with E-state index >= 15 is 0 Å². The van der Waals surface area contributed by atoms with Crippen molar-refractivity contribution in [1.82, 2.24) is 10.6 Å². The van der Waals surface area contributed by atoms with E-state index in [1.165, 1.54) is 17.5 Å². The van der Waals surface area contributed by atoms with E-state index in [4.69, 9.17) is 12.2 Å². The normalized spacial score (nSPS) is 10.4. The molecule has 0 heterocycles. The van der Waals surface area contributed by atoms with E-state index in [9.17, 15) is 0 Å². The summed E-state index contributed by atoms with van der Waals surface area (Å²) in [6.45, 7) is 8.33. The Kier molecular flexibility index (Phi) is 6.73. The van der Waals surface area contributed by atoms with Gasteiger partial charge in [-0.25, -0.2) is 0 Å². The van der Waals surface area contributed by atoms with Crippen molar-refractivity contribution in [2.75, 3.05) is 6.54 Å². The maximum atomic E-state index is 5.21. The molecule has 1 aromatic rings. The molecular weight excluding hydrogens is 240 g/mol. The third kappa shape index (κ3) is 5.50. The van der Waals surface area contributed by atoms with E-state index in [-0.39, 0.29) is 0 Å². The highest BCUT2D eigenvalue weighted by Crippen LogP contribution is 2.14. The molecule has 0 aliphatic heterocycles. The molecule has 1 aromatic carbocycles. The molecule has 2 nitrogen and oxygen atoms in total. The van der Waals surface area contributed by atoms with E-state index in [2.05, 4.69) is 55.7 Å². The van der Waals surface area contributed by atoms with Crippen molar-refractivity contribution in [3.8, 4) is 0 Å². The average Bonchev–Trinajstić information content (AvgIpc) is 2.37. The van der Waals surface area contributed by atoms with Crippen molar-refractivity contribution in [3.63, 3.8) is 0 Å². The van der Waals surface area contributed by atoms with Crippen LogP contribution in [-0.2, 0) is 6.54 Å². The molecule has 0 spiro atoms. The van der Waals surface area contributed by atoms with Crippen molar-refractivity contribution in [3.05, 3.63) is 35.4 Å². The molecule has 0 atom stereocenters. The Bertz CT molecular complexity index is 357. The second kappa shape index (κ2) is 8.09. The summed E-state index contributed by atoms with van der Waals surface area (Å²) in [6.07, 6.45) is 2.34.